The second-order valence-corrected chi connectivity index (χ2v) is 4.39. The molecule has 0 bridgehead atoms. The van der Waals surface area contributed by atoms with E-state index in [1.165, 1.54) is 6.20 Å². The second-order valence-electron chi connectivity index (χ2n) is 4.39. The Morgan fingerprint density at radius 3 is 3.12 bits per heavy atom. The molecule has 0 saturated carbocycles. The minimum Gasteiger partial charge on any atom is -0.396 e. The van der Waals surface area contributed by atoms with Crippen molar-refractivity contribution in [1.82, 2.24) is 4.98 Å². The average Bonchev–Trinajstić information content (AvgIpc) is 2.38. The lowest BCUT2D eigenvalue weighted by molar-refractivity contribution is 0.208. The fraction of sp³-hybridized carbons (Fsp3) is 0.500. The summed E-state index contributed by atoms with van der Waals surface area (Å²) in [5.74, 6) is 1.02. The van der Waals surface area contributed by atoms with Crippen LogP contribution in [0.15, 0.2) is 12.3 Å². The van der Waals surface area contributed by atoms with Crippen molar-refractivity contribution in [3.05, 3.63) is 17.8 Å². The molecule has 1 aromatic heterocycles. The van der Waals surface area contributed by atoms with E-state index in [9.17, 15) is 5.11 Å². The first-order chi connectivity index (χ1) is 8.24. The van der Waals surface area contributed by atoms with Gasteiger partial charge in [0.2, 0.25) is 0 Å². The van der Waals surface area contributed by atoms with Gasteiger partial charge in [0.25, 0.3) is 0 Å². The van der Waals surface area contributed by atoms with Crippen LogP contribution in [0, 0.1) is 17.2 Å². The number of piperidine rings is 1. The first-order valence-corrected chi connectivity index (χ1v) is 5.76. The number of hydrogen-bond acceptors (Lipinski definition) is 5. The van der Waals surface area contributed by atoms with E-state index >= 15 is 0 Å². The molecule has 0 radical (unpaired) electrons. The molecule has 5 nitrogen and oxygen atoms in total. The van der Waals surface area contributed by atoms with Gasteiger partial charge < -0.3 is 15.7 Å². The van der Waals surface area contributed by atoms with Crippen molar-refractivity contribution < 1.29 is 5.11 Å². The largest absolute Gasteiger partial charge is 0.396 e. The van der Waals surface area contributed by atoms with Crippen LogP contribution in [0.1, 0.15) is 18.4 Å². The molecular weight excluding hydrogens is 216 g/mol. The Morgan fingerprint density at radius 1 is 1.65 bits per heavy atom. The van der Waals surface area contributed by atoms with Crippen LogP contribution >= 0.6 is 0 Å². The van der Waals surface area contributed by atoms with Gasteiger partial charge in [0.1, 0.15) is 6.07 Å². The quantitative estimate of drug-likeness (QED) is 0.785. The van der Waals surface area contributed by atoms with E-state index in [-0.39, 0.29) is 6.61 Å². The van der Waals surface area contributed by atoms with Gasteiger partial charge in [0, 0.05) is 25.9 Å². The Hall–Kier alpha value is -1.80. The first-order valence-electron chi connectivity index (χ1n) is 5.76. The molecule has 2 heterocycles. The molecule has 17 heavy (non-hydrogen) atoms. The number of rotatable bonds is 2. The number of anilines is 2. The fourth-order valence-electron chi connectivity index (χ4n) is 2.21. The molecule has 90 valence electrons. The van der Waals surface area contributed by atoms with Crippen molar-refractivity contribution in [2.24, 2.45) is 5.92 Å². The van der Waals surface area contributed by atoms with Crippen molar-refractivity contribution in [1.29, 1.82) is 5.26 Å². The molecular formula is C12H16N4O. The number of aliphatic hydroxyl groups excluding tert-OH is 1. The maximum Gasteiger partial charge on any atom is 0.151 e. The molecule has 1 fully saturated rings. The number of pyridine rings is 1. The molecule has 0 aliphatic carbocycles. The minimum atomic E-state index is 0.201. The highest BCUT2D eigenvalue weighted by molar-refractivity contribution is 5.64. The molecule has 1 unspecified atom stereocenters. The Morgan fingerprint density at radius 2 is 2.47 bits per heavy atom. The van der Waals surface area contributed by atoms with Gasteiger partial charge in [0.15, 0.2) is 5.82 Å². The number of nitrogens with two attached hydrogens (primary N) is 1. The lowest BCUT2D eigenvalue weighted by Gasteiger charge is -2.33. The molecule has 0 amide bonds. The van der Waals surface area contributed by atoms with Gasteiger partial charge in [-0.05, 0) is 24.8 Å². The average molecular weight is 232 g/mol. The predicted molar refractivity (Wildman–Crippen MR) is 65.4 cm³/mol. The van der Waals surface area contributed by atoms with Crippen LogP contribution in [0.3, 0.4) is 0 Å². The monoisotopic (exact) mass is 232 g/mol. The normalized spacial score (nSPS) is 20.0. The summed E-state index contributed by atoms with van der Waals surface area (Å²) in [5.41, 5.74) is 6.90. The van der Waals surface area contributed by atoms with E-state index in [4.69, 9.17) is 11.0 Å². The van der Waals surface area contributed by atoms with E-state index < -0.39 is 0 Å². The Bertz CT molecular complexity index is 441. The molecule has 3 N–H and O–H groups in total. The van der Waals surface area contributed by atoms with Crippen molar-refractivity contribution in [3.63, 3.8) is 0 Å². The fourth-order valence-corrected chi connectivity index (χ4v) is 2.21. The van der Waals surface area contributed by atoms with Gasteiger partial charge in [-0.1, -0.05) is 0 Å². The van der Waals surface area contributed by atoms with Crippen LogP contribution in [-0.2, 0) is 0 Å². The second kappa shape index (κ2) is 5.02. The summed E-state index contributed by atoms with van der Waals surface area (Å²) >= 11 is 0. The van der Waals surface area contributed by atoms with Gasteiger partial charge >= 0.3 is 0 Å². The van der Waals surface area contributed by atoms with Crippen molar-refractivity contribution in [2.75, 3.05) is 30.3 Å². The van der Waals surface area contributed by atoms with Crippen molar-refractivity contribution in [3.8, 4) is 6.07 Å². The zero-order valence-corrected chi connectivity index (χ0v) is 9.63. The lowest BCUT2D eigenvalue weighted by atomic mass is 9.99. The van der Waals surface area contributed by atoms with E-state index in [1.807, 2.05) is 6.07 Å². The zero-order valence-electron chi connectivity index (χ0n) is 9.63. The summed E-state index contributed by atoms with van der Waals surface area (Å²) in [6.45, 7) is 1.88. The van der Waals surface area contributed by atoms with E-state index in [0.29, 0.717) is 17.2 Å². The van der Waals surface area contributed by atoms with Crippen molar-refractivity contribution in [2.45, 2.75) is 12.8 Å². The molecule has 5 heteroatoms. The summed E-state index contributed by atoms with van der Waals surface area (Å²) in [7, 11) is 0. The van der Waals surface area contributed by atoms with Crippen molar-refractivity contribution >= 4 is 11.5 Å². The standard InChI is InChI=1S/C12H16N4O/c13-5-10-4-11(14)12(15-6-10)16-3-1-2-9(7-16)8-17/h4,6,9,17H,1-3,7-8,14H2. The minimum absolute atomic E-state index is 0.201. The van der Waals surface area contributed by atoms with Gasteiger partial charge in [-0.25, -0.2) is 4.98 Å². The van der Waals surface area contributed by atoms with Gasteiger partial charge in [0.05, 0.1) is 11.3 Å². The smallest absolute Gasteiger partial charge is 0.151 e. The Labute approximate surface area is 100 Å². The number of nitrogens with zero attached hydrogens (tertiary/aromatic N) is 3. The number of nitrogen functional groups attached to an aromatic ring is 1. The maximum atomic E-state index is 9.19. The zero-order chi connectivity index (χ0) is 12.3. The van der Waals surface area contributed by atoms with Gasteiger partial charge in [-0.15, -0.1) is 0 Å². The van der Waals surface area contributed by atoms with Gasteiger partial charge in [-0.3, -0.25) is 0 Å². The summed E-state index contributed by atoms with van der Waals surface area (Å²) in [6, 6.07) is 3.66. The molecule has 1 aromatic rings. The summed E-state index contributed by atoms with van der Waals surface area (Å²) in [5, 5.41) is 17.9. The summed E-state index contributed by atoms with van der Waals surface area (Å²) in [4.78, 5) is 6.32. The Kier molecular flexibility index (Phi) is 3.45. The topological polar surface area (TPSA) is 86.2 Å². The number of nitriles is 1. The predicted octanol–water partition coefficient (Wildman–Crippen LogP) is 0.744. The third-order valence-electron chi connectivity index (χ3n) is 3.10. The Balaban J connectivity index is 2.19. The third-order valence-corrected chi connectivity index (χ3v) is 3.10. The number of aromatic nitrogens is 1. The molecule has 1 saturated heterocycles. The van der Waals surface area contributed by atoms with Crippen LogP contribution in [-0.4, -0.2) is 29.8 Å². The molecule has 0 aromatic carbocycles. The van der Waals surface area contributed by atoms with Crippen LogP contribution in [0.2, 0.25) is 0 Å². The summed E-state index contributed by atoms with van der Waals surface area (Å²) < 4.78 is 0. The molecule has 1 atom stereocenters. The van der Waals surface area contributed by atoms with Crippen LogP contribution < -0.4 is 10.6 Å². The highest BCUT2D eigenvalue weighted by Gasteiger charge is 2.21. The van der Waals surface area contributed by atoms with Gasteiger partial charge in [-0.2, -0.15) is 5.26 Å². The van der Waals surface area contributed by atoms with Crippen LogP contribution in [0.4, 0.5) is 11.5 Å². The maximum absolute atomic E-state index is 9.19. The molecule has 0 spiro atoms. The third kappa shape index (κ3) is 2.48. The summed E-state index contributed by atoms with van der Waals surface area (Å²) in [6.07, 6.45) is 3.61. The number of aliphatic hydroxyl groups is 1. The van der Waals surface area contributed by atoms with Crippen LogP contribution in [0.5, 0.6) is 0 Å². The SMILES string of the molecule is N#Cc1cnc(N2CCCC(CO)C2)c(N)c1. The molecule has 1 aliphatic heterocycles. The van der Waals surface area contributed by atoms with E-state index in [0.717, 1.165) is 31.7 Å². The molecule has 2 rings (SSSR count). The number of hydrogen-bond donors (Lipinski definition) is 2. The molecule has 1 aliphatic rings. The lowest BCUT2D eigenvalue weighted by Crippen LogP contribution is -2.37. The highest BCUT2D eigenvalue weighted by atomic mass is 16.3. The van der Waals surface area contributed by atoms with Crippen LogP contribution in [0.25, 0.3) is 0 Å². The van der Waals surface area contributed by atoms with E-state index in [2.05, 4.69) is 9.88 Å². The highest BCUT2D eigenvalue weighted by Crippen LogP contribution is 2.26. The van der Waals surface area contributed by atoms with E-state index in [1.54, 1.807) is 6.07 Å². The first kappa shape index (κ1) is 11.7.